The van der Waals surface area contributed by atoms with Crippen molar-refractivity contribution >= 4 is 23.2 Å². The van der Waals surface area contributed by atoms with Gasteiger partial charge in [-0.1, -0.05) is 41.9 Å². The van der Waals surface area contributed by atoms with Crippen LogP contribution in [0.1, 0.15) is 18.4 Å². The van der Waals surface area contributed by atoms with Crippen LogP contribution in [-0.2, 0) is 11.2 Å². The summed E-state index contributed by atoms with van der Waals surface area (Å²) in [5.41, 5.74) is 2.02. The van der Waals surface area contributed by atoms with E-state index in [1.807, 2.05) is 6.07 Å². The molecule has 0 aromatic heterocycles. The van der Waals surface area contributed by atoms with Crippen molar-refractivity contribution in [3.8, 4) is 5.75 Å². The summed E-state index contributed by atoms with van der Waals surface area (Å²) in [5.74, 6) is 0.557. The van der Waals surface area contributed by atoms with Crippen LogP contribution in [-0.4, -0.2) is 26.1 Å². The molecular formula is C19H23ClN2O2. The van der Waals surface area contributed by atoms with Crippen LogP contribution in [0.3, 0.4) is 0 Å². The lowest BCUT2D eigenvalue weighted by Crippen LogP contribution is -2.22. The van der Waals surface area contributed by atoms with E-state index in [2.05, 4.69) is 34.9 Å². The molecule has 0 unspecified atom stereocenters. The maximum absolute atomic E-state index is 11.9. The maximum atomic E-state index is 11.9. The number of aryl methyl sites for hydroxylation is 1. The number of hydrogen-bond acceptors (Lipinski definition) is 3. The molecule has 0 fully saturated rings. The Morgan fingerprint density at radius 1 is 1.12 bits per heavy atom. The highest BCUT2D eigenvalue weighted by Gasteiger charge is 2.05. The molecule has 0 atom stereocenters. The number of carbonyl (C=O) groups is 1. The van der Waals surface area contributed by atoms with E-state index < -0.39 is 0 Å². The zero-order chi connectivity index (χ0) is 17.2. The van der Waals surface area contributed by atoms with Gasteiger partial charge in [0.1, 0.15) is 5.75 Å². The first-order chi connectivity index (χ1) is 11.7. The maximum Gasteiger partial charge on any atom is 0.225 e. The minimum absolute atomic E-state index is 0.0354. The first-order valence-corrected chi connectivity index (χ1v) is 8.45. The molecule has 0 aliphatic heterocycles. The lowest BCUT2D eigenvalue weighted by Gasteiger charge is -2.08. The lowest BCUT2D eigenvalue weighted by atomic mass is 10.1. The predicted octanol–water partition coefficient (Wildman–Crippen LogP) is 3.90. The molecule has 2 aromatic rings. The normalized spacial score (nSPS) is 10.4. The van der Waals surface area contributed by atoms with Gasteiger partial charge in [-0.3, -0.25) is 4.79 Å². The van der Waals surface area contributed by atoms with Crippen molar-refractivity contribution in [3.63, 3.8) is 0 Å². The monoisotopic (exact) mass is 346 g/mol. The summed E-state index contributed by atoms with van der Waals surface area (Å²) in [4.78, 5) is 11.9. The summed E-state index contributed by atoms with van der Waals surface area (Å²) >= 11 is 6.04. The van der Waals surface area contributed by atoms with Gasteiger partial charge >= 0.3 is 0 Å². The van der Waals surface area contributed by atoms with Crippen LogP contribution in [0.25, 0.3) is 0 Å². The third-order valence-corrected chi connectivity index (χ3v) is 3.92. The molecule has 0 radical (unpaired) electrons. The Balaban J connectivity index is 1.60. The molecule has 128 valence electrons. The molecule has 0 aliphatic carbocycles. The summed E-state index contributed by atoms with van der Waals surface area (Å²) in [6.45, 7) is 1.56. The second kappa shape index (κ2) is 9.96. The van der Waals surface area contributed by atoms with Crippen LogP contribution in [0.4, 0.5) is 5.69 Å². The highest BCUT2D eigenvalue weighted by molar-refractivity contribution is 6.32. The molecule has 2 N–H and O–H groups in total. The van der Waals surface area contributed by atoms with Gasteiger partial charge in [0, 0.05) is 18.7 Å². The number of carbonyl (C=O) groups excluding carboxylic acids is 1. The smallest absolute Gasteiger partial charge is 0.225 e. The number of hydrogen-bond donors (Lipinski definition) is 2. The largest absolute Gasteiger partial charge is 0.495 e. The molecule has 24 heavy (non-hydrogen) atoms. The standard InChI is InChI=1S/C19H23ClN2O2/c1-24-18-10-9-16(14-17(18)20)22-19(23)11-13-21-12-5-8-15-6-3-2-4-7-15/h2-4,6-7,9-10,14,21H,5,8,11-13H2,1H3,(H,22,23). The van der Waals surface area contributed by atoms with Crippen LogP contribution in [0.15, 0.2) is 48.5 Å². The molecule has 0 bridgehead atoms. The number of methoxy groups -OCH3 is 1. The summed E-state index contributed by atoms with van der Waals surface area (Å²) < 4.78 is 5.08. The molecular weight excluding hydrogens is 324 g/mol. The highest BCUT2D eigenvalue weighted by Crippen LogP contribution is 2.27. The molecule has 1 amide bonds. The molecule has 2 rings (SSSR count). The van der Waals surface area contributed by atoms with E-state index in [9.17, 15) is 4.79 Å². The molecule has 0 saturated carbocycles. The second-order valence-corrected chi connectivity index (χ2v) is 5.89. The van der Waals surface area contributed by atoms with Gasteiger partial charge in [-0.05, 0) is 43.1 Å². The van der Waals surface area contributed by atoms with E-state index in [0.717, 1.165) is 19.4 Å². The molecule has 4 nitrogen and oxygen atoms in total. The Morgan fingerprint density at radius 3 is 2.62 bits per heavy atom. The Kier molecular flexibility index (Phi) is 7.59. The molecule has 2 aromatic carbocycles. The van der Waals surface area contributed by atoms with Crippen molar-refractivity contribution in [2.75, 3.05) is 25.5 Å². The zero-order valence-electron chi connectivity index (χ0n) is 13.8. The summed E-state index contributed by atoms with van der Waals surface area (Å²) in [5, 5.41) is 6.61. The molecule has 5 heteroatoms. The van der Waals surface area contributed by atoms with Crippen LogP contribution >= 0.6 is 11.6 Å². The number of rotatable bonds is 9. The third kappa shape index (κ3) is 6.22. The number of amides is 1. The number of halogens is 1. The van der Waals surface area contributed by atoms with Gasteiger partial charge in [0.2, 0.25) is 5.91 Å². The second-order valence-electron chi connectivity index (χ2n) is 5.49. The first-order valence-electron chi connectivity index (χ1n) is 8.07. The fraction of sp³-hybridized carbons (Fsp3) is 0.316. The van der Waals surface area contributed by atoms with Crippen molar-refractivity contribution in [2.24, 2.45) is 0 Å². The summed E-state index contributed by atoms with van der Waals surface area (Å²) in [7, 11) is 1.56. The van der Waals surface area contributed by atoms with Crippen molar-refractivity contribution in [1.29, 1.82) is 0 Å². The Bertz CT molecular complexity index is 647. The van der Waals surface area contributed by atoms with E-state index in [0.29, 0.717) is 29.4 Å². The topological polar surface area (TPSA) is 50.4 Å². The van der Waals surface area contributed by atoms with Gasteiger partial charge in [-0.15, -0.1) is 0 Å². The van der Waals surface area contributed by atoms with Crippen molar-refractivity contribution in [3.05, 3.63) is 59.1 Å². The SMILES string of the molecule is COc1ccc(NC(=O)CCNCCCc2ccccc2)cc1Cl. The fourth-order valence-corrected chi connectivity index (χ4v) is 2.61. The van der Waals surface area contributed by atoms with Crippen molar-refractivity contribution in [1.82, 2.24) is 5.32 Å². The van der Waals surface area contributed by atoms with Crippen LogP contribution in [0.2, 0.25) is 5.02 Å². The number of ether oxygens (including phenoxy) is 1. The Labute approximate surface area is 148 Å². The quantitative estimate of drug-likeness (QED) is 0.677. The van der Waals surface area contributed by atoms with Gasteiger partial charge in [0.15, 0.2) is 0 Å². The lowest BCUT2D eigenvalue weighted by molar-refractivity contribution is -0.116. The molecule has 0 spiro atoms. The van der Waals surface area contributed by atoms with Gasteiger partial charge in [0.25, 0.3) is 0 Å². The van der Waals surface area contributed by atoms with Crippen LogP contribution in [0.5, 0.6) is 5.75 Å². The number of nitrogens with one attached hydrogen (secondary N) is 2. The third-order valence-electron chi connectivity index (χ3n) is 3.63. The van der Waals surface area contributed by atoms with E-state index in [-0.39, 0.29) is 5.91 Å². The van der Waals surface area contributed by atoms with Crippen molar-refractivity contribution in [2.45, 2.75) is 19.3 Å². The molecule has 0 heterocycles. The van der Waals surface area contributed by atoms with Gasteiger partial charge in [-0.2, -0.15) is 0 Å². The minimum Gasteiger partial charge on any atom is -0.495 e. The van der Waals surface area contributed by atoms with E-state index in [4.69, 9.17) is 16.3 Å². The van der Waals surface area contributed by atoms with Crippen molar-refractivity contribution < 1.29 is 9.53 Å². The molecule has 0 saturated heterocycles. The minimum atomic E-state index is -0.0354. The zero-order valence-corrected chi connectivity index (χ0v) is 14.6. The first kappa shape index (κ1) is 18.3. The van der Waals surface area contributed by atoms with E-state index in [1.165, 1.54) is 5.56 Å². The average molecular weight is 347 g/mol. The Morgan fingerprint density at radius 2 is 1.92 bits per heavy atom. The van der Waals surface area contributed by atoms with Gasteiger partial charge < -0.3 is 15.4 Å². The fourth-order valence-electron chi connectivity index (χ4n) is 2.36. The summed E-state index contributed by atoms with van der Waals surface area (Å²) in [6, 6.07) is 15.6. The van der Waals surface area contributed by atoms with Gasteiger partial charge in [-0.25, -0.2) is 0 Å². The molecule has 0 aliphatic rings. The highest BCUT2D eigenvalue weighted by atomic mass is 35.5. The predicted molar refractivity (Wildman–Crippen MR) is 98.9 cm³/mol. The van der Waals surface area contributed by atoms with E-state index in [1.54, 1.807) is 25.3 Å². The van der Waals surface area contributed by atoms with E-state index >= 15 is 0 Å². The Hall–Kier alpha value is -2.04. The number of benzene rings is 2. The van der Waals surface area contributed by atoms with Crippen LogP contribution < -0.4 is 15.4 Å². The number of anilines is 1. The summed E-state index contributed by atoms with van der Waals surface area (Å²) in [6.07, 6.45) is 2.53. The van der Waals surface area contributed by atoms with Gasteiger partial charge in [0.05, 0.1) is 12.1 Å². The average Bonchev–Trinajstić information content (AvgIpc) is 2.59. The van der Waals surface area contributed by atoms with Crippen LogP contribution in [0, 0.1) is 0 Å².